The number of carboxylic acid groups (broad SMARTS) is 1. The van der Waals surface area contributed by atoms with Crippen molar-refractivity contribution >= 4 is 16.0 Å². The summed E-state index contributed by atoms with van der Waals surface area (Å²) in [4.78, 5) is 11.3. The number of aliphatic carboxylic acids is 1. The molecule has 0 aliphatic carbocycles. The van der Waals surface area contributed by atoms with Crippen molar-refractivity contribution in [1.29, 1.82) is 0 Å². The van der Waals surface area contributed by atoms with Crippen LogP contribution in [0.25, 0.3) is 0 Å². The van der Waals surface area contributed by atoms with Gasteiger partial charge in [-0.2, -0.15) is 4.31 Å². The van der Waals surface area contributed by atoms with Crippen molar-refractivity contribution < 1.29 is 23.1 Å². The SMILES string of the molecule is COc1ccc(S(=O)(=O)N2CCC[C@H]2C(=O)O)c(C)c1. The lowest BCUT2D eigenvalue weighted by atomic mass is 10.2. The van der Waals surface area contributed by atoms with E-state index in [9.17, 15) is 13.2 Å². The standard InChI is InChI=1S/C13H17NO5S/c1-9-8-10(19-2)5-6-12(9)20(17,18)14-7-3-4-11(14)13(15)16/h5-6,8,11H,3-4,7H2,1-2H3,(H,15,16)/t11-/m0/s1. The number of rotatable bonds is 4. The van der Waals surface area contributed by atoms with Crippen LogP contribution in [-0.4, -0.2) is 43.5 Å². The molecule has 1 saturated heterocycles. The highest BCUT2D eigenvalue weighted by Crippen LogP contribution is 2.29. The maximum atomic E-state index is 12.6. The molecule has 0 radical (unpaired) electrons. The molecule has 1 aliphatic rings. The Morgan fingerprint density at radius 2 is 2.15 bits per heavy atom. The van der Waals surface area contributed by atoms with E-state index in [1.165, 1.54) is 13.2 Å². The van der Waals surface area contributed by atoms with Crippen molar-refractivity contribution in [3.8, 4) is 5.75 Å². The van der Waals surface area contributed by atoms with Gasteiger partial charge < -0.3 is 9.84 Å². The molecule has 0 bridgehead atoms. The fourth-order valence-corrected chi connectivity index (χ4v) is 4.30. The van der Waals surface area contributed by atoms with E-state index in [0.29, 0.717) is 24.2 Å². The third-order valence-corrected chi connectivity index (χ3v) is 5.53. The maximum Gasteiger partial charge on any atom is 0.322 e. The van der Waals surface area contributed by atoms with Crippen LogP contribution in [0.3, 0.4) is 0 Å². The first kappa shape index (κ1) is 14.8. The highest BCUT2D eigenvalue weighted by Gasteiger charge is 2.39. The van der Waals surface area contributed by atoms with E-state index in [2.05, 4.69) is 0 Å². The third-order valence-electron chi connectivity index (χ3n) is 3.46. The Morgan fingerprint density at radius 1 is 1.45 bits per heavy atom. The predicted octanol–water partition coefficient (Wildman–Crippen LogP) is 1.24. The molecule has 1 fully saturated rings. The van der Waals surface area contributed by atoms with Crippen molar-refractivity contribution in [3.05, 3.63) is 23.8 Å². The molecule has 0 saturated carbocycles. The van der Waals surface area contributed by atoms with Crippen LogP contribution >= 0.6 is 0 Å². The van der Waals surface area contributed by atoms with E-state index in [1.807, 2.05) is 0 Å². The second-order valence-electron chi connectivity index (χ2n) is 4.74. The molecule has 110 valence electrons. The smallest absolute Gasteiger partial charge is 0.322 e. The molecule has 0 aromatic heterocycles. The average molecular weight is 299 g/mol. The summed E-state index contributed by atoms with van der Waals surface area (Å²) in [5, 5.41) is 9.12. The summed E-state index contributed by atoms with van der Waals surface area (Å²) in [6.45, 7) is 1.91. The molecular weight excluding hydrogens is 282 g/mol. The van der Waals surface area contributed by atoms with Crippen LogP contribution in [0.1, 0.15) is 18.4 Å². The molecule has 1 aromatic rings. The van der Waals surface area contributed by atoms with E-state index in [0.717, 1.165) is 4.31 Å². The summed E-state index contributed by atoms with van der Waals surface area (Å²) in [5.41, 5.74) is 0.542. The van der Waals surface area contributed by atoms with E-state index in [1.54, 1.807) is 19.1 Å². The quantitative estimate of drug-likeness (QED) is 0.904. The summed E-state index contributed by atoms with van der Waals surface area (Å²) in [6.07, 6.45) is 0.912. The molecule has 1 aliphatic heterocycles. The van der Waals surface area contributed by atoms with E-state index < -0.39 is 22.0 Å². The molecule has 0 amide bonds. The molecule has 1 heterocycles. The van der Waals surface area contributed by atoms with Gasteiger partial charge in [0.2, 0.25) is 10.0 Å². The molecule has 20 heavy (non-hydrogen) atoms. The van der Waals surface area contributed by atoms with Crippen molar-refractivity contribution in [3.63, 3.8) is 0 Å². The van der Waals surface area contributed by atoms with Gasteiger partial charge >= 0.3 is 5.97 Å². The number of methoxy groups -OCH3 is 1. The van der Waals surface area contributed by atoms with Gasteiger partial charge in [-0.25, -0.2) is 8.42 Å². The summed E-state index contributed by atoms with van der Waals surface area (Å²) < 4.78 is 31.3. The van der Waals surface area contributed by atoms with Gasteiger partial charge in [-0.05, 0) is 43.5 Å². The second-order valence-corrected chi connectivity index (χ2v) is 6.60. The Kier molecular flexibility index (Phi) is 4.01. The summed E-state index contributed by atoms with van der Waals surface area (Å²) in [7, 11) is -2.29. The van der Waals surface area contributed by atoms with E-state index in [4.69, 9.17) is 9.84 Å². The fourth-order valence-electron chi connectivity index (χ4n) is 2.44. The maximum absolute atomic E-state index is 12.6. The molecule has 1 N–H and O–H groups in total. The van der Waals surface area contributed by atoms with Gasteiger partial charge in [0, 0.05) is 6.54 Å². The first-order valence-corrected chi connectivity index (χ1v) is 7.71. The highest BCUT2D eigenvalue weighted by molar-refractivity contribution is 7.89. The van der Waals surface area contributed by atoms with Crippen molar-refractivity contribution in [2.75, 3.05) is 13.7 Å². The minimum Gasteiger partial charge on any atom is -0.497 e. The molecule has 1 aromatic carbocycles. The van der Waals surface area contributed by atoms with Crippen LogP contribution in [0.4, 0.5) is 0 Å². The van der Waals surface area contributed by atoms with Gasteiger partial charge in [0.05, 0.1) is 12.0 Å². The number of nitrogens with zero attached hydrogens (tertiary/aromatic N) is 1. The Labute approximate surface area is 118 Å². The van der Waals surface area contributed by atoms with Crippen LogP contribution in [-0.2, 0) is 14.8 Å². The molecule has 7 heteroatoms. The minimum atomic E-state index is -3.79. The topological polar surface area (TPSA) is 83.9 Å². The van der Waals surface area contributed by atoms with Crippen LogP contribution in [0.15, 0.2) is 23.1 Å². The van der Waals surface area contributed by atoms with E-state index in [-0.39, 0.29) is 11.4 Å². The second kappa shape index (κ2) is 5.41. The predicted molar refractivity (Wildman–Crippen MR) is 72.3 cm³/mol. The van der Waals surface area contributed by atoms with Gasteiger partial charge in [0.25, 0.3) is 0 Å². The van der Waals surface area contributed by atoms with Gasteiger partial charge in [0.1, 0.15) is 11.8 Å². The van der Waals surface area contributed by atoms with E-state index >= 15 is 0 Å². The number of sulfonamides is 1. The van der Waals surface area contributed by atoms with Gasteiger partial charge in [0.15, 0.2) is 0 Å². The van der Waals surface area contributed by atoms with Crippen molar-refractivity contribution in [2.45, 2.75) is 30.7 Å². The number of hydrogen-bond acceptors (Lipinski definition) is 4. The zero-order chi connectivity index (χ0) is 14.9. The molecule has 2 rings (SSSR count). The number of hydrogen-bond donors (Lipinski definition) is 1. The van der Waals surface area contributed by atoms with Crippen molar-refractivity contribution in [1.82, 2.24) is 4.31 Å². The third kappa shape index (κ3) is 2.51. The molecule has 1 atom stereocenters. The largest absolute Gasteiger partial charge is 0.497 e. The first-order valence-electron chi connectivity index (χ1n) is 6.27. The highest BCUT2D eigenvalue weighted by atomic mass is 32.2. The lowest BCUT2D eigenvalue weighted by Crippen LogP contribution is -2.40. The lowest BCUT2D eigenvalue weighted by molar-refractivity contribution is -0.140. The number of carbonyl (C=O) groups is 1. The number of carboxylic acids is 1. The lowest BCUT2D eigenvalue weighted by Gasteiger charge is -2.22. The normalized spacial score (nSPS) is 20.0. The zero-order valence-electron chi connectivity index (χ0n) is 11.4. The molecule has 0 unspecified atom stereocenters. The Bertz CT molecular complexity index is 626. The Balaban J connectivity index is 2.42. The average Bonchev–Trinajstić information content (AvgIpc) is 2.88. The Hall–Kier alpha value is -1.60. The molecule has 0 spiro atoms. The van der Waals surface area contributed by atoms with Crippen LogP contribution in [0.5, 0.6) is 5.75 Å². The van der Waals surface area contributed by atoms with Gasteiger partial charge in [-0.1, -0.05) is 0 Å². The van der Waals surface area contributed by atoms with Crippen LogP contribution < -0.4 is 4.74 Å². The summed E-state index contributed by atoms with van der Waals surface area (Å²) >= 11 is 0. The monoisotopic (exact) mass is 299 g/mol. The van der Waals surface area contributed by atoms with Crippen LogP contribution in [0.2, 0.25) is 0 Å². The van der Waals surface area contributed by atoms with Crippen molar-refractivity contribution in [2.24, 2.45) is 0 Å². The number of aryl methyl sites for hydroxylation is 1. The number of ether oxygens (including phenoxy) is 1. The zero-order valence-corrected chi connectivity index (χ0v) is 12.2. The van der Waals surface area contributed by atoms with Gasteiger partial charge in [-0.15, -0.1) is 0 Å². The molecular formula is C13H17NO5S. The van der Waals surface area contributed by atoms with Crippen LogP contribution in [0, 0.1) is 6.92 Å². The number of benzene rings is 1. The fraction of sp³-hybridized carbons (Fsp3) is 0.462. The Morgan fingerprint density at radius 3 is 2.70 bits per heavy atom. The first-order chi connectivity index (χ1) is 9.37. The molecule has 6 nitrogen and oxygen atoms in total. The minimum absolute atomic E-state index is 0.131. The summed E-state index contributed by atoms with van der Waals surface area (Å²) in [6, 6.07) is 3.67. The van der Waals surface area contributed by atoms with Gasteiger partial charge in [-0.3, -0.25) is 4.79 Å². The summed E-state index contributed by atoms with van der Waals surface area (Å²) in [5.74, 6) is -0.533.